The van der Waals surface area contributed by atoms with Crippen molar-refractivity contribution in [3.8, 4) is 0 Å². The molecule has 3 nitrogen and oxygen atoms in total. The lowest BCUT2D eigenvalue weighted by Gasteiger charge is -2.42. The number of halogens is 2. The van der Waals surface area contributed by atoms with Crippen molar-refractivity contribution in [2.75, 3.05) is 6.61 Å². The van der Waals surface area contributed by atoms with Crippen LogP contribution < -0.4 is 0 Å². The van der Waals surface area contributed by atoms with Crippen molar-refractivity contribution in [1.82, 2.24) is 0 Å². The summed E-state index contributed by atoms with van der Waals surface area (Å²) in [4.78, 5) is 1.55. The molecule has 0 aromatic rings. The summed E-state index contributed by atoms with van der Waals surface area (Å²) in [6.07, 6.45) is 1.89. The first-order valence-electron chi connectivity index (χ1n) is 4.78. The van der Waals surface area contributed by atoms with Gasteiger partial charge in [-0.1, -0.05) is 31.9 Å². The average Bonchev–Trinajstić information content (AvgIpc) is 2.09. The molecule has 4 unspecified atom stereocenters. The maximum Gasteiger partial charge on any atom is 0.107 e. The van der Waals surface area contributed by atoms with Crippen molar-refractivity contribution in [3.63, 3.8) is 0 Å². The van der Waals surface area contributed by atoms with Crippen LogP contribution in [-0.2, 0) is 4.74 Å². The van der Waals surface area contributed by atoms with Gasteiger partial charge in [0.25, 0.3) is 0 Å². The smallest absolute Gasteiger partial charge is 0.107 e. The molecular weight excluding hydrogens is 328 g/mol. The third-order valence-corrected chi connectivity index (χ3v) is 4.35. The second-order valence-electron chi connectivity index (χ2n) is 4.38. The van der Waals surface area contributed by atoms with Crippen LogP contribution in [0.2, 0.25) is 0 Å². The van der Waals surface area contributed by atoms with Gasteiger partial charge >= 0.3 is 0 Å². The van der Waals surface area contributed by atoms with Gasteiger partial charge in [-0.05, 0) is 31.3 Å². The Morgan fingerprint density at radius 2 is 2.20 bits per heavy atom. The molecule has 1 aliphatic heterocycles. The van der Waals surface area contributed by atoms with Gasteiger partial charge in [0.05, 0.1) is 18.3 Å². The van der Waals surface area contributed by atoms with Gasteiger partial charge in [0.15, 0.2) is 0 Å². The Balaban J connectivity index is 2.69. The second kappa shape index (κ2) is 4.84. The number of alkyl halides is 1. The van der Waals surface area contributed by atoms with Crippen LogP contribution in [0.15, 0.2) is 11.1 Å². The van der Waals surface area contributed by atoms with Crippen LogP contribution >= 0.6 is 31.9 Å². The molecular formula is C10H16Br2O3. The summed E-state index contributed by atoms with van der Waals surface area (Å²) in [5, 5.41) is 20.0. The zero-order chi connectivity index (χ0) is 11.7. The third kappa shape index (κ3) is 3.27. The Hall–Kier alpha value is 0.580. The molecule has 0 spiro atoms. The van der Waals surface area contributed by atoms with Crippen LogP contribution in [0.5, 0.6) is 0 Å². The number of hydrogen-bond donors (Lipinski definition) is 2. The van der Waals surface area contributed by atoms with Crippen molar-refractivity contribution in [2.24, 2.45) is 0 Å². The van der Waals surface area contributed by atoms with E-state index in [0.29, 0.717) is 6.42 Å². The van der Waals surface area contributed by atoms with E-state index in [9.17, 15) is 10.2 Å². The predicted molar refractivity (Wildman–Crippen MR) is 66.4 cm³/mol. The SMILES string of the molecule is CC(O)(C=CBr)C1CC(Br)C(C)(O)CO1. The first kappa shape index (κ1) is 13.6. The van der Waals surface area contributed by atoms with E-state index in [2.05, 4.69) is 31.9 Å². The highest BCUT2D eigenvalue weighted by Gasteiger charge is 2.43. The molecule has 0 amide bonds. The molecule has 88 valence electrons. The fourth-order valence-electron chi connectivity index (χ4n) is 1.51. The Kier molecular flexibility index (Phi) is 4.40. The number of ether oxygens (including phenoxy) is 1. The highest BCUT2D eigenvalue weighted by Crippen LogP contribution is 2.34. The van der Waals surface area contributed by atoms with E-state index < -0.39 is 11.2 Å². The molecule has 0 aromatic carbocycles. The molecule has 5 heteroatoms. The zero-order valence-corrected chi connectivity index (χ0v) is 12.0. The van der Waals surface area contributed by atoms with Gasteiger partial charge in [-0.2, -0.15) is 0 Å². The van der Waals surface area contributed by atoms with Gasteiger partial charge in [-0.15, -0.1) is 0 Å². The summed E-state index contributed by atoms with van der Waals surface area (Å²) in [6.45, 7) is 3.63. The topological polar surface area (TPSA) is 49.7 Å². The van der Waals surface area contributed by atoms with E-state index in [1.54, 1.807) is 24.9 Å². The molecule has 2 N–H and O–H groups in total. The van der Waals surface area contributed by atoms with E-state index in [1.165, 1.54) is 0 Å². The van der Waals surface area contributed by atoms with E-state index in [4.69, 9.17) is 4.74 Å². The van der Waals surface area contributed by atoms with Crippen LogP contribution in [0.1, 0.15) is 20.3 Å². The summed E-state index contributed by atoms with van der Waals surface area (Å²) >= 11 is 6.55. The van der Waals surface area contributed by atoms with Crippen LogP contribution in [0.25, 0.3) is 0 Å². The molecule has 0 saturated carbocycles. The number of aliphatic hydroxyl groups is 2. The molecule has 0 radical (unpaired) electrons. The lowest BCUT2D eigenvalue weighted by molar-refractivity contribution is -0.152. The summed E-state index contributed by atoms with van der Waals surface area (Å²) in [5.41, 5.74) is -1.89. The molecule has 0 bridgehead atoms. The predicted octanol–water partition coefficient (Wildman–Crippen LogP) is 1.95. The van der Waals surface area contributed by atoms with Gasteiger partial charge < -0.3 is 14.9 Å². The molecule has 0 aliphatic carbocycles. The van der Waals surface area contributed by atoms with E-state index >= 15 is 0 Å². The highest BCUT2D eigenvalue weighted by atomic mass is 79.9. The normalized spacial score (nSPS) is 41.7. The lowest BCUT2D eigenvalue weighted by atomic mass is 9.88. The fourth-order valence-corrected chi connectivity index (χ4v) is 2.52. The molecule has 1 rings (SSSR count). The van der Waals surface area contributed by atoms with E-state index in [1.807, 2.05) is 0 Å². The van der Waals surface area contributed by atoms with Crippen molar-refractivity contribution in [3.05, 3.63) is 11.1 Å². The summed E-state index contributed by atoms with van der Waals surface area (Å²) in [7, 11) is 0. The highest BCUT2D eigenvalue weighted by molar-refractivity contribution is 9.11. The number of rotatable bonds is 2. The molecule has 1 aliphatic rings. The van der Waals surface area contributed by atoms with Gasteiger partial charge in [-0.3, -0.25) is 0 Å². The summed E-state index contributed by atoms with van der Waals surface area (Å²) in [6, 6.07) is 0. The Bertz CT molecular complexity index is 251. The fraction of sp³-hybridized carbons (Fsp3) is 0.800. The first-order chi connectivity index (χ1) is 6.79. The van der Waals surface area contributed by atoms with Gasteiger partial charge in [-0.25, -0.2) is 0 Å². The van der Waals surface area contributed by atoms with Crippen LogP contribution in [0, 0.1) is 0 Å². The maximum atomic E-state index is 10.1. The quantitative estimate of drug-likeness (QED) is 0.753. The van der Waals surface area contributed by atoms with E-state index in [0.717, 1.165) is 0 Å². The monoisotopic (exact) mass is 342 g/mol. The molecule has 1 fully saturated rings. The van der Waals surface area contributed by atoms with Gasteiger partial charge in [0.1, 0.15) is 5.60 Å². The third-order valence-electron chi connectivity index (χ3n) is 2.72. The van der Waals surface area contributed by atoms with E-state index in [-0.39, 0.29) is 17.5 Å². The molecule has 0 aromatic heterocycles. The van der Waals surface area contributed by atoms with Crippen molar-refractivity contribution < 1.29 is 14.9 Å². The van der Waals surface area contributed by atoms with Gasteiger partial charge in [0, 0.05) is 4.83 Å². The second-order valence-corrected chi connectivity index (χ2v) is 6.01. The van der Waals surface area contributed by atoms with Crippen LogP contribution in [-0.4, -0.2) is 39.0 Å². The Morgan fingerprint density at radius 3 is 2.67 bits per heavy atom. The van der Waals surface area contributed by atoms with Crippen molar-refractivity contribution in [1.29, 1.82) is 0 Å². The summed E-state index contributed by atoms with van der Waals surface area (Å²) < 4.78 is 5.48. The van der Waals surface area contributed by atoms with Crippen molar-refractivity contribution >= 4 is 31.9 Å². The minimum absolute atomic E-state index is 0.0704. The lowest BCUT2D eigenvalue weighted by Crippen LogP contribution is -2.53. The molecule has 4 atom stereocenters. The summed E-state index contributed by atoms with van der Waals surface area (Å²) in [5.74, 6) is 0. The Labute approximate surface area is 107 Å². The first-order valence-corrected chi connectivity index (χ1v) is 6.61. The minimum atomic E-state index is -1.02. The molecule has 15 heavy (non-hydrogen) atoms. The van der Waals surface area contributed by atoms with Crippen LogP contribution in [0.4, 0.5) is 0 Å². The number of hydrogen-bond acceptors (Lipinski definition) is 3. The largest absolute Gasteiger partial charge is 0.387 e. The zero-order valence-electron chi connectivity index (χ0n) is 8.78. The average molecular weight is 344 g/mol. The standard InChI is InChI=1S/C10H16Br2O3/c1-9(13,3-4-11)8-5-7(12)10(2,14)6-15-8/h3-4,7-8,13-14H,5-6H2,1-2H3. The Morgan fingerprint density at radius 1 is 1.60 bits per heavy atom. The van der Waals surface area contributed by atoms with Crippen LogP contribution in [0.3, 0.4) is 0 Å². The molecule has 1 heterocycles. The van der Waals surface area contributed by atoms with Gasteiger partial charge in [0.2, 0.25) is 0 Å². The maximum absolute atomic E-state index is 10.1. The van der Waals surface area contributed by atoms with Crippen molar-refractivity contribution in [2.45, 2.75) is 42.4 Å². The molecule has 1 saturated heterocycles. The minimum Gasteiger partial charge on any atom is -0.387 e.